The number of methoxy groups -OCH3 is 2. The van der Waals surface area contributed by atoms with Gasteiger partial charge in [-0.15, -0.1) is 5.10 Å². The Balaban J connectivity index is 1.44. The van der Waals surface area contributed by atoms with Crippen LogP contribution in [0.2, 0.25) is 0 Å². The number of carbonyl (C=O) groups is 1. The number of hydrogen-bond donors (Lipinski definition) is 5. The van der Waals surface area contributed by atoms with E-state index in [9.17, 15) is 39.6 Å². The van der Waals surface area contributed by atoms with E-state index in [0.29, 0.717) is 37.2 Å². The minimum Gasteiger partial charge on any atom is -0.459 e. The van der Waals surface area contributed by atoms with Crippen LogP contribution in [0.1, 0.15) is 137 Å². The van der Waals surface area contributed by atoms with Gasteiger partial charge in [0, 0.05) is 64.3 Å². The van der Waals surface area contributed by atoms with Gasteiger partial charge in [0.2, 0.25) is 0 Å². The minimum absolute atomic E-state index is 0.0778. The smallest absolute Gasteiger partial charge is 0.311 e. The molecule has 0 spiro atoms. The van der Waals surface area contributed by atoms with Crippen molar-refractivity contribution in [3.63, 3.8) is 0 Å². The number of aliphatic hydroxyl groups is 5. The molecule has 0 aliphatic carbocycles. The van der Waals surface area contributed by atoms with Crippen LogP contribution in [0.15, 0.2) is 35.6 Å². The maximum absolute atomic E-state index is 14.8. The number of likely N-dealkylation sites (N-methyl/N-ethyl adjacent to an activating group) is 2. The Morgan fingerprint density at radius 1 is 0.973 bits per heavy atom. The van der Waals surface area contributed by atoms with Crippen LogP contribution >= 0.6 is 0 Å². The average Bonchev–Trinajstić information content (AvgIpc) is 3.84. The number of nitrogens with zero attached hydrogens (tertiary/aromatic N) is 6. The number of rotatable bonds is 17. The van der Waals surface area contributed by atoms with Gasteiger partial charge in [0.1, 0.15) is 54.9 Å². The van der Waals surface area contributed by atoms with Crippen molar-refractivity contribution in [1.82, 2.24) is 24.8 Å². The summed E-state index contributed by atoms with van der Waals surface area (Å²) in [5.41, 5.74) is -2.60. The third kappa shape index (κ3) is 14.1. The summed E-state index contributed by atoms with van der Waals surface area (Å²) < 4.78 is 60.3. The molecule has 3 saturated heterocycles. The van der Waals surface area contributed by atoms with Crippen LogP contribution < -0.4 is 0 Å². The summed E-state index contributed by atoms with van der Waals surface area (Å²) >= 11 is 0. The number of alkyl halides is 1. The van der Waals surface area contributed by atoms with Gasteiger partial charge in [0.05, 0.1) is 47.2 Å². The van der Waals surface area contributed by atoms with Gasteiger partial charge >= 0.3 is 5.97 Å². The average molecular weight is 1050 g/mol. The highest BCUT2D eigenvalue weighted by Crippen LogP contribution is 2.41. The van der Waals surface area contributed by atoms with Crippen LogP contribution in [0.5, 0.6) is 0 Å². The van der Waals surface area contributed by atoms with E-state index in [4.69, 9.17) is 33.2 Å². The van der Waals surface area contributed by atoms with Crippen LogP contribution in [-0.2, 0) is 44.4 Å². The van der Waals surface area contributed by atoms with Crippen molar-refractivity contribution in [3.8, 4) is 0 Å². The number of nitroso groups, excluding NO2 is 1. The molecule has 422 valence electrons. The molecule has 21 heteroatoms. The molecule has 0 radical (unpaired) electrons. The van der Waals surface area contributed by atoms with Gasteiger partial charge < -0.3 is 68.5 Å². The lowest BCUT2D eigenvalue weighted by Gasteiger charge is -2.49. The summed E-state index contributed by atoms with van der Waals surface area (Å²) in [6.45, 7) is 19.1. The predicted octanol–water partition coefficient (Wildman–Crippen LogP) is 4.83. The zero-order valence-electron chi connectivity index (χ0n) is 46.4. The number of aliphatic hydroxyl groups excluding tert-OH is 3. The van der Waals surface area contributed by atoms with Gasteiger partial charge in [0.25, 0.3) is 0 Å². The monoisotopic (exact) mass is 1050 g/mol. The first-order chi connectivity index (χ1) is 34.7. The quantitative estimate of drug-likeness (QED) is 0.105. The second-order valence-electron chi connectivity index (χ2n) is 22.4. The summed E-state index contributed by atoms with van der Waals surface area (Å²) in [6.07, 6.45) is -8.21. The maximum Gasteiger partial charge on any atom is 0.311 e. The number of halogens is 1. The van der Waals surface area contributed by atoms with Gasteiger partial charge in [0.15, 0.2) is 12.6 Å². The number of ether oxygens (including phenoxy) is 7. The van der Waals surface area contributed by atoms with E-state index in [1.54, 1.807) is 85.9 Å². The molecule has 5 rings (SSSR count). The molecule has 2 aromatic rings. The standard InChI is InChI=1S/C53H89FN6O14/c1-16-41-53(11,66)46(62)34(7)59(13)27-29(2)24-51(9,65)48(31(4)44(32(5)49(64)72-41)73-42-25-52(10,69-15)47(63)35(8)71-42)74-50-43(61)39(23-30(3)70-50)58(12)22-21-38-28-60(57-55-38)40(26-54)45(68-14)37-19-17-36(18-20-37)33(6)56-67/h17-20,28-35,39-48,50,61-63,65-66H,16,21-27H2,1-15H3/t29-,30-,31+,32-,33?,34-,35+,39+,40-,41-,42+,43-,44+,45-,46-,47+,48-,50+,51-,52-,53-/m1/s1. The van der Waals surface area contributed by atoms with Gasteiger partial charge in [-0.25, -0.2) is 9.07 Å². The highest BCUT2D eigenvalue weighted by Gasteiger charge is 2.53. The topological polar surface area (TPSA) is 249 Å². The van der Waals surface area contributed by atoms with E-state index in [2.05, 4.69) is 15.5 Å². The first kappa shape index (κ1) is 61.7. The number of esters is 1. The van der Waals surface area contributed by atoms with Crippen molar-refractivity contribution in [2.24, 2.45) is 22.9 Å². The van der Waals surface area contributed by atoms with Gasteiger partial charge in [-0.1, -0.05) is 55.4 Å². The van der Waals surface area contributed by atoms with Crippen LogP contribution in [0.3, 0.4) is 0 Å². The highest BCUT2D eigenvalue weighted by atomic mass is 19.1. The van der Waals surface area contributed by atoms with E-state index < -0.39 is 133 Å². The van der Waals surface area contributed by atoms with Gasteiger partial charge in [-0.3, -0.25) is 4.79 Å². The molecular formula is C53H89FN6O14. The normalized spacial score (nSPS) is 39.6. The Hall–Kier alpha value is -3.16. The molecule has 3 fully saturated rings. The minimum atomic E-state index is -1.86. The first-order valence-corrected chi connectivity index (χ1v) is 26.4. The van der Waals surface area contributed by atoms with Crippen molar-refractivity contribution in [1.29, 1.82) is 0 Å². The molecule has 0 bridgehead atoms. The molecule has 21 atom stereocenters. The first-order valence-electron chi connectivity index (χ1n) is 26.4. The van der Waals surface area contributed by atoms with Crippen LogP contribution in [0, 0.1) is 22.7 Å². The fraction of sp³-hybridized carbons (Fsp3) is 0.830. The summed E-state index contributed by atoms with van der Waals surface area (Å²) in [6, 6.07) is 4.64. The van der Waals surface area contributed by atoms with Crippen LogP contribution in [0.25, 0.3) is 0 Å². The molecule has 1 aromatic heterocycles. The molecule has 1 aromatic carbocycles. The summed E-state index contributed by atoms with van der Waals surface area (Å²) in [5, 5.41) is 71.5. The van der Waals surface area contributed by atoms with E-state index >= 15 is 0 Å². The Bertz CT molecular complexity index is 2070. The fourth-order valence-electron chi connectivity index (χ4n) is 11.5. The third-order valence-corrected chi connectivity index (χ3v) is 16.4. The second kappa shape index (κ2) is 26.0. The zero-order valence-corrected chi connectivity index (χ0v) is 46.4. The molecule has 5 N–H and O–H groups in total. The van der Waals surface area contributed by atoms with Crippen molar-refractivity contribution >= 4 is 5.97 Å². The van der Waals surface area contributed by atoms with E-state index in [0.717, 1.165) is 5.56 Å². The summed E-state index contributed by atoms with van der Waals surface area (Å²) in [7, 11) is 6.68. The Kier molecular flexibility index (Phi) is 21.7. The highest BCUT2D eigenvalue weighted by molar-refractivity contribution is 5.73. The number of carbonyl (C=O) groups excluding carboxylic acids is 1. The van der Waals surface area contributed by atoms with Gasteiger partial charge in [-0.2, -0.15) is 4.91 Å². The number of benzene rings is 1. The number of cyclic esters (lactones) is 1. The van der Waals surface area contributed by atoms with Crippen molar-refractivity contribution in [2.45, 2.75) is 217 Å². The molecule has 20 nitrogen and oxygen atoms in total. The van der Waals surface area contributed by atoms with Gasteiger partial charge in [-0.05, 0) is 106 Å². The van der Waals surface area contributed by atoms with E-state index in [1.807, 2.05) is 37.7 Å². The Morgan fingerprint density at radius 3 is 2.22 bits per heavy atom. The van der Waals surface area contributed by atoms with E-state index in [-0.39, 0.29) is 25.2 Å². The maximum atomic E-state index is 14.8. The largest absolute Gasteiger partial charge is 0.459 e. The Labute approximate surface area is 437 Å². The Morgan fingerprint density at radius 2 is 1.62 bits per heavy atom. The van der Waals surface area contributed by atoms with Crippen molar-refractivity contribution < 1.29 is 67.9 Å². The van der Waals surface area contributed by atoms with Crippen molar-refractivity contribution in [3.05, 3.63) is 52.2 Å². The lowest BCUT2D eigenvalue weighted by Crippen LogP contribution is -2.61. The predicted molar refractivity (Wildman–Crippen MR) is 272 cm³/mol. The number of hydrogen-bond acceptors (Lipinski definition) is 19. The van der Waals surface area contributed by atoms with Crippen molar-refractivity contribution in [2.75, 3.05) is 48.1 Å². The SMILES string of the molecule is CC[C@H]1OC(=O)[C@H](C)[C@@H](O[C@H]2C[C@@](C)(OC)[C@@H](O)[C@H](C)O2)[C@H](C)[C@@H](O[C@@H]2O[C@H](C)C[C@H](N(C)CCc3cn([C@H](CF)[C@H](OC)c4ccc(C(C)N=O)cc4)nn3)[C@H]2O)[C@](C)(O)C[C@@H](C)CN(C)[C@H](C)[C@@H](O)[C@]1(C)O. The molecule has 0 amide bonds. The van der Waals surface area contributed by atoms with Crippen LogP contribution in [0.4, 0.5) is 4.39 Å². The molecule has 3 aliphatic rings. The zero-order chi connectivity index (χ0) is 55.2. The summed E-state index contributed by atoms with van der Waals surface area (Å²) in [4.78, 5) is 29.5. The summed E-state index contributed by atoms with van der Waals surface area (Å²) in [5.74, 6) is -2.91. The number of aromatic nitrogens is 3. The van der Waals surface area contributed by atoms with Crippen LogP contribution in [-0.4, -0.2) is 195 Å². The lowest BCUT2D eigenvalue weighted by atomic mass is 9.77. The molecule has 4 heterocycles. The second-order valence-corrected chi connectivity index (χ2v) is 22.4. The molecule has 3 aliphatic heterocycles. The third-order valence-electron chi connectivity index (χ3n) is 16.4. The van der Waals surface area contributed by atoms with E-state index in [1.165, 1.54) is 25.8 Å². The fourth-order valence-corrected chi connectivity index (χ4v) is 11.5. The molecule has 0 saturated carbocycles. The lowest BCUT2D eigenvalue weighted by molar-refractivity contribution is -0.318. The molecule has 1 unspecified atom stereocenters. The molecule has 74 heavy (non-hydrogen) atoms. The molecular weight excluding hydrogens is 964 g/mol.